The van der Waals surface area contributed by atoms with Crippen molar-refractivity contribution in [1.29, 1.82) is 0 Å². The maximum atomic E-state index is 12.7. The van der Waals surface area contributed by atoms with Crippen LogP contribution in [-0.4, -0.2) is 15.5 Å². The minimum absolute atomic E-state index is 0.214. The quantitative estimate of drug-likeness (QED) is 0.520. The van der Waals surface area contributed by atoms with Crippen LogP contribution in [-0.2, 0) is 4.79 Å². The fraction of sp³-hybridized carbons (Fsp3) is 0.136. The van der Waals surface area contributed by atoms with Gasteiger partial charge in [0, 0.05) is 10.6 Å². The highest BCUT2D eigenvalue weighted by Gasteiger charge is 2.18. The molecule has 0 unspecified atom stereocenters. The van der Waals surface area contributed by atoms with Crippen LogP contribution in [0.3, 0.4) is 0 Å². The summed E-state index contributed by atoms with van der Waals surface area (Å²) in [6.07, 6.45) is 1.43. The van der Waals surface area contributed by atoms with Crippen LogP contribution >= 0.6 is 11.3 Å². The maximum absolute atomic E-state index is 12.7. The first kappa shape index (κ1) is 18.9. The van der Waals surface area contributed by atoms with E-state index in [1.165, 1.54) is 22.2 Å². The van der Waals surface area contributed by atoms with Crippen molar-refractivity contribution in [3.63, 3.8) is 0 Å². The summed E-state index contributed by atoms with van der Waals surface area (Å²) >= 11 is 1.46. The third kappa shape index (κ3) is 4.05. The number of amides is 1. The molecule has 0 saturated carbocycles. The van der Waals surface area contributed by atoms with Gasteiger partial charge in [0.15, 0.2) is 0 Å². The lowest BCUT2D eigenvalue weighted by Crippen LogP contribution is -2.31. The molecule has 2 aromatic carbocycles. The average molecular weight is 405 g/mol. The van der Waals surface area contributed by atoms with Crippen molar-refractivity contribution in [2.75, 3.05) is 5.32 Å². The second kappa shape index (κ2) is 7.89. The largest absolute Gasteiger partial charge is 0.457 e. The molecule has 1 amide bonds. The molecule has 2 aromatic heterocycles. The number of aromatic nitrogens is 2. The molecule has 0 radical (unpaired) electrons. The molecule has 146 valence electrons. The average Bonchev–Trinajstić information content (AvgIpc) is 3.11. The van der Waals surface area contributed by atoms with Crippen molar-refractivity contribution in [2.24, 2.45) is 0 Å². The standard InChI is InChI=1S/C22H19N3O3S/c1-14-12-19-21(29-14)23-13-25(22(19)27)15(2)20(26)24-16-8-10-18(11-9-16)28-17-6-4-3-5-7-17/h3-13,15H,1-2H3,(H,24,26)/t15-/m0/s1. The number of para-hydroxylation sites is 1. The molecule has 1 N–H and O–H groups in total. The predicted octanol–water partition coefficient (Wildman–Crippen LogP) is 4.76. The molecule has 0 aliphatic rings. The van der Waals surface area contributed by atoms with Crippen LogP contribution in [0.25, 0.3) is 10.2 Å². The van der Waals surface area contributed by atoms with Gasteiger partial charge in [0.05, 0.1) is 11.7 Å². The van der Waals surface area contributed by atoms with Gasteiger partial charge < -0.3 is 10.1 Å². The summed E-state index contributed by atoms with van der Waals surface area (Å²) in [6, 6.07) is 17.7. The number of carbonyl (C=O) groups excluding carboxylic acids is 1. The number of thiophene rings is 1. The molecule has 0 saturated heterocycles. The van der Waals surface area contributed by atoms with Crippen molar-refractivity contribution >= 4 is 33.1 Å². The number of benzene rings is 2. The molecule has 0 aliphatic heterocycles. The van der Waals surface area contributed by atoms with E-state index >= 15 is 0 Å². The number of carbonyl (C=O) groups is 1. The molecule has 4 rings (SSSR count). The number of aryl methyl sites for hydroxylation is 1. The fourth-order valence-electron chi connectivity index (χ4n) is 2.94. The second-order valence-corrected chi connectivity index (χ2v) is 7.87. The summed E-state index contributed by atoms with van der Waals surface area (Å²) in [5, 5.41) is 3.37. The molecule has 29 heavy (non-hydrogen) atoms. The first-order valence-electron chi connectivity index (χ1n) is 9.12. The number of ether oxygens (including phenoxy) is 1. The second-order valence-electron chi connectivity index (χ2n) is 6.64. The lowest BCUT2D eigenvalue weighted by Gasteiger charge is -2.15. The minimum Gasteiger partial charge on any atom is -0.457 e. The monoisotopic (exact) mass is 405 g/mol. The highest BCUT2D eigenvalue weighted by Crippen LogP contribution is 2.23. The number of anilines is 1. The maximum Gasteiger partial charge on any atom is 0.262 e. The Bertz CT molecular complexity index is 1210. The van der Waals surface area contributed by atoms with Crippen molar-refractivity contribution in [3.8, 4) is 11.5 Å². The van der Waals surface area contributed by atoms with Gasteiger partial charge >= 0.3 is 0 Å². The Kier molecular flexibility index (Phi) is 5.14. The molecule has 0 spiro atoms. The van der Waals surface area contributed by atoms with Crippen LogP contribution in [0.2, 0.25) is 0 Å². The van der Waals surface area contributed by atoms with Crippen LogP contribution in [0.5, 0.6) is 11.5 Å². The van der Waals surface area contributed by atoms with Crippen molar-refractivity contribution in [1.82, 2.24) is 9.55 Å². The van der Waals surface area contributed by atoms with E-state index in [2.05, 4.69) is 10.3 Å². The SMILES string of the molecule is Cc1cc2c(=O)n([C@@H](C)C(=O)Nc3ccc(Oc4ccccc4)cc3)cnc2s1. The van der Waals surface area contributed by atoms with Gasteiger partial charge in [0.2, 0.25) is 5.91 Å². The van der Waals surface area contributed by atoms with E-state index in [4.69, 9.17) is 4.74 Å². The summed E-state index contributed by atoms with van der Waals surface area (Å²) in [6.45, 7) is 3.60. The van der Waals surface area contributed by atoms with Gasteiger partial charge in [-0.15, -0.1) is 11.3 Å². The van der Waals surface area contributed by atoms with Crippen molar-refractivity contribution in [3.05, 3.63) is 82.2 Å². The number of fused-ring (bicyclic) bond motifs is 1. The Labute approximate surface area is 171 Å². The van der Waals surface area contributed by atoms with Crippen LogP contribution in [0, 0.1) is 6.92 Å². The zero-order valence-electron chi connectivity index (χ0n) is 16.0. The summed E-state index contributed by atoms with van der Waals surface area (Å²) in [7, 11) is 0. The van der Waals surface area contributed by atoms with E-state index < -0.39 is 6.04 Å². The van der Waals surface area contributed by atoms with Crippen LogP contribution in [0.15, 0.2) is 71.8 Å². The first-order valence-corrected chi connectivity index (χ1v) is 9.94. The summed E-state index contributed by atoms with van der Waals surface area (Å²) < 4.78 is 7.11. The van der Waals surface area contributed by atoms with Gasteiger partial charge in [-0.1, -0.05) is 18.2 Å². The summed E-state index contributed by atoms with van der Waals surface area (Å²) in [5.41, 5.74) is 0.407. The van der Waals surface area contributed by atoms with Gasteiger partial charge in [-0.2, -0.15) is 0 Å². The number of rotatable bonds is 5. The normalized spacial score (nSPS) is 11.9. The Balaban J connectivity index is 1.47. The molecule has 1 atom stereocenters. The first-order chi connectivity index (χ1) is 14.0. The molecule has 0 aliphatic carbocycles. The fourth-order valence-corrected chi connectivity index (χ4v) is 3.77. The molecule has 0 fully saturated rings. The summed E-state index contributed by atoms with van der Waals surface area (Å²) in [5.74, 6) is 1.11. The van der Waals surface area contributed by atoms with Gasteiger partial charge in [-0.25, -0.2) is 4.98 Å². The Morgan fingerprint density at radius 3 is 2.52 bits per heavy atom. The van der Waals surface area contributed by atoms with Gasteiger partial charge in [-0.3, -0.25) is 14.2 Å². The lowest BCUT2D eigenvalue weighted by molar-refractivity contribution is -0.118. The number of nitrogens with zero attached hydrogens (tertiary/aromatic N) is 2. The Morgan fingerprint density at radius 1 is 1.10 bits per heavy atom. The Morgan fingerprint density at radius 2 is 1.79 bits per heavy atom. The van der Waals surface area contributed by atoms with Gasteiger partial charge in [0.25, 0.3) is 5.56 Å². The molecule has 4 aromatic rings. The summed E-state index contributed by atoms with van der Waals surface area (Å²) in [4.78, 5) is 31.4. The molecule has 0 bridgehead atoms. The number of hydrogen-bond donors (Lipinski definition) is 1. The van der Waals surface area contributed by atoms with E-state index in [0.717, 1.165) is 10.6 Å². The smallest absolute Gasteiger partial charge is 0.262 e. The van der Waals surface area contributed by atoms with Crippen molar-refractivity contribution in [2.45, 2.75) is 19.9 Å². The van der Waals surface area contributed by atoms with E-state index in [1.54, 1.807) is 31.2 Å². The van der Waals surface area contributed by atoms with Crippen LogP contribution in [0.4, 0.5) is 5.69 Å². The van der Waals surface area contributed by atoms with Crippen molar-refractivity contribution < 1.29 is 9.53 Å². The molecule has 6 nitrogen and oxygen atoms in total. The molecular formula is C22H19N3O3S. The Hall–Kier alpha value is -3.45. The number of hydrogen-bond acceptors (Lipinski definition) is 5. The van der Waals surface area contributed by atoms with Crippen LogP contribution < -0.4 is 15.6 Å². The zero-order valence-corrected chi connectivity index (χ0v) is 16.8. The topological polar surface area (TPSA) is 73.2 Å². The highest BCUT2D eigenvalue weighted by atomic mass is 32.1. The van der Waals surface area contributed by atoms with E-state index in [0.29, 0.717) is 21.7 Å². The third-order valence-electron chi connectivity index (χ3n) is 4.50. The zero-order chi connectivity index (χ0) is 20.4. The molecular weight excluding hydrogens is 386 g/mol. The third-order valence-corrected chi connectivity index (χ3v) is 5.46. The minimum atomic E-state index is -0.695. The number of nitrogens with one attached hydrogen (secondary N) is 1. The van der Waals surface area contributed by atoms with Crippen LogP contribution in [0.1, 0.15) is 17.8 Å². The molecule has 7 heteroatoms. The van der Waals surface area contributed by atoms with Gasteiger partial charge in [-0.05, 0) is 56.3 Å². The molecule has 2 heterocycles. The predicted molar refractivity (Wildman–Crippen MR) is 115 cm³/mol. The lowest BCUT2D eigenvalue weighted by atomic mass is 10.2. The van der Waals surface area contributed by atoms with E-state index in [9.17, 15) is 9.59 Å². The van der Waals surface area contributed by atoms with Gasteiger partial charge in [0.1, 0.15) is 22.4 Å². The highest BCUT2D eigenvalue weighted by molar-refractivity contribution is 7.18. The van der Waals surface area contributed by atoms with E-state index in [-0.39, 0.29) is 11.5 Å². The van der Waals surface area contributed by atoms with E-state index in [1.807, 2.05) is 43.3 Å².